The van der Waals surface area contributed by atoms with Gasteiger partial charge in [-0.1, -0.05) is 26.1 Å². The fourth-order valence-corrected chi connectivity index (χ4v) is 1.98. The molecule has 0 aliphatic rings. The molecule has 0 bridgehead atoms. The topological polar surface area (TPSA) is 57.4 Å². The van der Waals surface area contributed by atoms with E-state index in [4.69, 9.17) is 27.4 Å². The van der Waals surface area contributed by atoms with Gasteiger partial charge in [0, 0.05) is 18.4 Å². The average Bonchev–Trinajstić information content (AvgIpc) is 2.26. The summed E-state index contributed by atoms with van der Waals surface area (Å²) in [4.78, 5) is 4.65. The van der Waals surface area contributed by atoms with Gasteiger partial charge in [-0.05, 0) is 19.8 Å². The van der Waals surface area contributed by atoms with Gasteiger partial charge >= 0.3 is 0 Å². The second-order valence-electron chi connectivity index (χ2n) is 4.90. The van der Waals surface area contributed by atoms with Gasteiger partial charge in [0.25, 0.3) is 0 Å². The van der Waals surface area contributed by atoms with Crippen LogP contribution in [0.2, 0.25) is 0 Å². The largest absolute Gasteiger partial charge is 0.490 e. The molecule has 0 unspecified atom stereocenters. The molecule has 2 N–H and O–H groups in total. The van der Waals surface area contributed by atoms with Crippen molar-refractivity contribution in [3.63, 3.8) is 0 Å². The molecule has 5 heteroatoms. The molecule has 1 rings (SSSR count). The lowest BCUT2D eigenvalue weighted by molar-refractivity contribution is 0.0818. The lowest BCUT2D eigenvalue weighted by Gasteiger charge is -2.14. The highest BCUT2D eigenvalue weighted by Crippen LogP contribution is 2.22. The molecule has 19 heavy (non-hydrogen) atoms. The Kier molecular flexibility index (Phi) is 6.18. The molecule has 0 aliphatic carbocycles. The maximum atomic E-state index is 5.72. The van der Waals surface area contributed by atoms with Crippen molar-refractivity contribution in [3.05, 3.63) is 23.0 Å². The van der Waals surface area contributed by atoms with Crippen LogP contribution in [0.15, 0.2) is 6.07 Å². The van der Waals surface area contributed by atoms with E-state index < -0.39 is 0 Å². The molecule has 1 aromatic heterocycles. The summed E-state index contributed by atoms with van der Waals surface area (Å²) < 4.78 is 11.2. The van der Waals surface area contributed by atoms with E-state index in [2.05, 4.69) is 18.8 Å². The second-order valence-corrected chi connectivity index (χ2v) is 5.34. The van der Waals surface area contributed by atoms with Gasteiger partial charge in [-0.25, -0.2) is 0 Å². The zero-order valence-corrected chi connectivity index (χ0v) is 12.8. The highest BCUT2D eigenvalue weighted by atomic mass is 32.1. The van der Waals surface area contributed by atoms with Crippen LogP contribution in [-0.2, 0) is 4.74 Å². The zero-order chi connectivity index (χ0) is 14.4. The molecule has 1 heterocycles. The first-order valence-corrected chi connectivity index (χ1v) is 6.81. The molecule has 0 radical (unpaired) electrons. The maximum absolute atomic E-state index is 5.72. The van der Waals surface area contributed by atoms with Gasteiger partial charge in [0.05, 0.1) is 17.9 Å². The van der Waals surface area contributed by atoms with Gasteiger partial charge in [-0.2, -0.15) is 0 Å². The Morgan fingerprint density at radius 2 is 2.05 bits per heavy atom. The number of aromatic nitrogens is 1. The molecule has 0 fully saturated rings. The minimum Gasteiger partial charge on any atom is -0.490 e. The van der Waals surface area contributed by atoms with Crippen LogP contribution in [-0.4, -0.2) is 29.8 Å². The smallest absolute Gasteiger partial charge is 0.133 e. The second kappa shape index (κ2) is 7.40. The van der Waals surface area contributed by atoms with Gasteiger partial charge in [-0.15, -0.1) is 0 Å². The maximum Gasteiger partial charge on any atom is 0.133 e. The molecule has 0 spiro atoms. The predicted molar refractivity (Wildman–Crippen MR) is 80.8 cm³/mol. The van der Waals surface area contributed by atoms with Crippen molar-refractivity contribution in [2.45, 2.75) is 27.7 Å². The first kappa shape index (κ1) is 15.9. The Balaban J connectivity index is 2.64. The van der Waals surface area contributed by atoms with Gasteiger partial charge in [-0.3, -0.25) is 4.98 Å². The van der Waals surface area contributed by atoms with Crippen LogP contribution >= 0.6 is 12.2 Å². The van der Waals surface area contributed by atoms with Crippen molar-refractivity contribution in [2.75, 3.05) is 19.8 Å². The van der Waals surface area contributed by atoms with Gasteiger partial charge in [0.15, 0.2) is 0 Å². The summed E-state index contributed by atoms with van der Waals surface area (Å²) in [7, 11) is 0. The number of aryl methyl sites for hydroxylation is 2. The average molecular weight is 282 g/mol. The zero-order valence-electron chi connectivity index (χ0n) is 12.0. The summed E-state index contributed by atoms with van der Waals surface area (Å²) in [5, 5.41) is 0. The Bertz CT molecular complexity index is 447. The van der Waals surface area contributed by atoms with E-state index in [1.807, 2.05) is 19.9 Å². The van der Waals surface area contributed by atoms with E-state index in [9.17, 15) is 0 Å². The third-order valence-electron chi connectivity index (χ3n) is 2.48. The van der Waals surface area contributed by atoms with Crippen molar-refractivity contribution >= 4 is 17.2 Å². The number of ether oxygens (including phenoxy) is 2. The summed E-state index contributed by atoms with van der Waals surface area (Å²) in [6.45, 7) is 9.78. The van der Waals surface area contributed by atoms with Crippen molar-refractivity contribution in [1.29, 1.82) is 0 Å². The Morgan fingerprint density at radius 3 is 2.63 bits per heavy atom. The lowest BCUT2D eigenvalue weighted by Crippen LogP contribution is -2.17. The van der Waals surface area contributed by atoms with Crippen molar-refractivity contribution in [2.24, 2.45) is 11.7 Å². The van der Waals surface area contributed by atoms with Crippen LogP contribution in [0.5, 0.6) is 5.75 Å². The molecular formula is C14H22N2O2S. The Morgan fingerprint density at radius 1 is 1.37 bits per heavy atom. The number of pyridine rings is 1. The van der Waals surface area contributed by atoms with Crippen molar-refractivity contribution in [3.8, 4) is 5.75 Å². The standard InChI is InChI=1S/C14H22N2O2S/c1-9(2)8-17-5-6-18-12-7-10(3)16-11(4)13(12)14(15)19/h7,9H,5-6,8H2,1-4H3,(H2,15,19). The van der Waals surface area contributed by atoms with Crippen LogP contribution in [0.1, 0.15) is 30.8 Å². The number of hydrogen-bond donors (Lipinski definition) is 1. The van der Waals surface area contributed by atoms with Crippen LogP contribution in [0.25, 0.3) is 0 Å². The van der Waals surface area contributed by atoms with Crippen molar-refractivity contribution < 1.29 is 9.47 Å². The molecule has 4 nitrogen and oxygen atoms in total. The monoisotopic (exact) mass is 282 g/mol. The Hall–Kier alpha value is -1.20. The van der Waals surface area contributed by atoms with E-state index in [0.717, 1.165) is 18.0 Å². The normalized spacial score (nSPS) is 10.8. The summed E-state index contributed by atoms with van der Waals surface area (Å²) in [6, 6.07) is 1.85. The first-order valence-electron chi connectivity index (χ1n) is 6.40. The minimum atomic E-state index is 0.308. The SMILES string of the molecule is Cc1cc(OCCOCC(C)C)c(C(N)=S)c(C)n1. The summed E-state index contributed by atoms with van der Waals surface area (Å²) >= 11 is 5.04. The van der Waals surface area contributed by atoms with Crippen LogP contribution in [0.3, 0.4) is 0 Å². The summed E-state index contributed by atoms with van der Waals surface area (Å²) in [5.74, 6) is 1.21. The fraction of sp³-hybridized carbons (Fsp3) is 0.571. The first-order chi connectivity index (χ1) is 8.91. The number of rotatable bonds is 7. The summed E-state index contributed by atoms with van der Waals surface area (Å²) in [5.41, 5.74) is 8.11. The quantitative estimate of drug-likeness (QED) is 0.614. The third kappa shape index (κ3) is 5.12. The summed E-state index contributed by atoms with van der Waals surface area (Å²) in [6.07, 6.45) is 0. The van der Waals surface area contributed by atoms with Gasteiger partial charge in [0.1, 0.15) is 17.3 Å². The molecule has 1 aromatic rings. The highest BCUT2D eigenvalue weighted by Gasteiger charge is 2.12. The minimum absolute atomic E-state index is 0.308. The van der Waals surface area contributed by atoms with E-state index >= 15 is 0 Å². The van der Waals surface area contributed by atoms with E-state index in [1.165, 1.54) is 0 Å². The van der Waals surface area contributed by atoms with Crippen LogP contribution in [0.4, 0.5) is 0 Å². The number of hydrogen-bond acceptors (Lipinski definition) is 4. The molecule has 0 aliphatic heterocycles. The third-order valence-corrected chi connectivity index (χ3v) is 2.68. The van der Waals surface area contributed by atoms with E-state index in [0.29, 0.717) is 35.4 Å². The molecule has 0 amide bonds. The lowest BCUT2D eigenvalue weighted by atomic mass is 10.1. The molecule has 106 valence electrons. The van der Waals surface area contributed by atoms with E-state index in [1.54, 1.807) is 0 Å². The van der Waals surface area contributed by atoms with Crippen molar-refractivity contribution in [1.82, 2.24) is 4.98 Å². The van der Waals surface area contributed by atoms with E-state index in [-0.39, 0.29) is 0 Å². The number of nitrogens with two attached hydrogens (primary N) is 1. The fourth-order valence-electron chi connectivity index (χ4n) is 1.74. The highest BCUT2D eigenvalue weighted by molar-refractivity contribution is 7.80. The van der Waals surface area contributed by atoms with Gasteiger partial charge < -0.3 is 15.2 Å². The molecule has 0 saturated carbocycles. The number of nitrogens with zero attached hydrogens (tertiary/aromatic N) is 1. The molecule has 0 aromatic carbocycles. The Labute approximate surface area is 120 Å². The van der Waals surface area contributed by atoms with Gasteiger partial charge in [0.2, 0.25) is 0 Å². The molecular weight excluding hydrogens is 260 g/mol. The molecule has 0 atom stereocenters. The number of thiocarbonyl (C=S) groups is 1. The molecule has 0 saturated heterocycles. The van der Waals surface area contributed by atoms with Crippen LogP contribution < -0.4 is 10.5 Å². The predicted octanol–water partition coefficient (Wildman–Crippen LogP) is 2.38. The van der Waals surface area contributed by atoms with Crippen LogP contribution in [0, 0.1) is 19.8 Å².